The highest BCUT2D eigenvalue weighted by molar-refractivity contribution is 5.84. The summed E-state index contributed by atoms with van der Waals surface area (Å²) >= 11 is 0. The first-order valence-corrected chi connectivity index (χ1v) is 7.22. The van der Waals surface area contributed by atoms with E-state index in [0.29, 0.717) is 12.0 Å². The Morgan fingerprint density at radius 1 is 1.10 bits per heavy atom. The van der Waals surface area contributed by atoms with Gasteiger partial charge in [-0.05, 0) is 12.0 Å². The average Bonchev–Trinajstić information content (AvgIpc) is 2.45. The Hall–Kier alpha value is -1.84. The van der Waals surface area contributed by atoms with Gasteiger partial charge in [-0.25, -0.2) is 4.79 Å². The van der Waals surface area contributed by atoms with Gasteiger partial charge in [-0.15, -0.1) is 0 Å². The average molecular weight is 277 g/mol. The summed E-state index contributed by atoms with van der Waals surface area (Å²) in [6.07, 6.45) is 5.70. The first-order valence-electron chi connectivity index (χ1n) is 7.22. The lowest BCUT2D eigenvalue weighted by atomic mass is 10.1. The number of nitrogens with one attached hydrogen (secondary N) is 1. The number of aliphatic carboxylic acids is 1. The van der Waals surface area contributed by atoms with E-state index in [2.05, 4.69) is 12.2 Å². The van der Waals surface area contributed by atoms with Crippen LogP contribution < -0.4 is 5.32 Å². The predicted molar refractivity (Wildman–Crippen MR) is 78.3 cm³/mol. The molecule has 2 N–H and O–H groups in total. The number of carbonyl (C=O) groups is 2. The normalized spacial score (nSPS) is 11.8. The molecule has 0 aliphatic rings. The monoisotopic (exact) mass is 277 g/mol. The van der Waals surface area contributed by atoms with Crippen molar-refractivity contribution in [1.82, 2.24) is 5.32 Å². The largest absolute Gasteiger partial charge is 0.479 e. The first kappa shape index (κ1) is 16.2. The second kappa shape index (κ2) is 9.13. The summed E-state index contributed by atoms with van der Waals surface area (Å²) in [6.45, 7) is 2.14. The molecule has 4 nitrogen and oxygen atoms in total. The number of rotatable bonds is 9. The van der Waals surface area contributed by atoms with Crippen LogP contribution in [0.25, 0.3) is 0 Å². The third-order valence-corrected chi connectivity index (χ3v) is 3.19. The van der Waals surface area contributed by atoms with Gasteiger partial charge in [0.05, 0.1) is 0 Å². The summed E-state index contributed by atoms with van der Waals surface area (Å²) in [4.78, 5) is 23.0. The summed E-state index contributed by atoms with van der Waals surface area (Å²) in [6, 6.07) is 7.81. The van der Waals surface area contributed by atoms with Crippen molar-refractivity contribution in [3.05, 3.63) is 35.9 Å². The van der Waals surface area contributed by atoms with Gasteiger partial charge >= 0.3 is 5.97 Å². The molecule has 1 rings (SSSR count). The van der Waals surface area contributed by atoms with Gasteiger partial charge in [0.25, 0.3) is 0 Å². The van der Waals surface area contributed by atoms with Crippen molar-refractivity contribution < 1.29 is 14.7 Å². The van der Waals surface area contributed by atoms with E-state index in [9.17, 15) is 14.7 Å². The second-order valence-electron chi connectivity index (χ2n) is 4.91. The van der Waals surface area contributed by atoms with Gasteiger partial charge in [-0.3, -0.25) is 4.79 Å². The number of carboxylic acids is 1. The zero-order valence-electron chi connectivity index (χ0n) is 12.0. The molecule has 4 heteroatoms. The number of hydrogen-bond donors (Lipinski definition) is 2. The van der Waals surface area contributed by atoms with Gasteiger partial charge in [-0.2, -0.15) is 0 Å². The lowest BCUT2D eigenvalue weighted by Crippen LogP contribution is -2.33. The third-order valence-electron chi connectivity index (χ3n) is 3.19. The Balaban J connectivity index is 2.43. The number of hydrogen-bond acceptors (Lipinski definition) is 2. The van der Waals surface area contributed by atoms with E-state index in [4.69, 9.17) is 0 Å². The lowest BCUT2D eigenvalue weighted by molar-refractivity contribution is -0.142. The van der Waals surface area contributed by atoms with E-state index in [1.807, 2.05) is 6.07 Å². The highest BCUT2D eigenvalue weighted by atomic mass is 16.4. The molecule has 1 aromatic carbocycles. The van der Waals surface area contributed by atoms with Crippen LogP contribution in [0.3, 0.4) is 0 Å². The van der Waals surface area contributed by atoms with E-state index in [-0.39, 0.29) is 5.91 Å². The van der Waals surface area contributed by atoms with Gasteiger partial charge in [-0.1, -0.05) is 62.9 Å². The van der Waals surface area contributed by atoms with Gasteiger partial charge in [0, 0.05) is 6.42 Å². The molecule has 110 valence electrons. The fourth-order valence-electron chi connectivity index (χ4n) is 2.06. The van der Waals surface area contributed by atoms with Crippen LogP contribution in [-0.4, -0.2) is 17.0 Å². The van der Waals surface area contributed by atoms with Crippen LogP contribution in [0, 0.1) is 0 Å². The van der Waals surface area contributed by atoms with E-state index < -0.39 is 12.0 Å². The quantitative estimate of drug-likeness (QED) is 0.681. The maximum atomic E-state index is 11.8. The van der Waals surface area contributed by atoms with Crippen molar-refractivity contribution >= 4 is 11.9 Å². The summed E-state index contributed by atoms with van der Waals surface area (Å²) in [5.74, 6) is -1.23. The number of amides is 1. The SMILES string of the molecule is CCCCCCCC(=O)N[C@H](C(=O)O)c1ccccc1. The molecule has 0 aliphatic carbocycles. The highest BCUT2D eigenvalue weighted by Gasteiger charge is 2.21. The van der Waals surface area contributed by atoms with Gasteiger partial charge in [0.2, 0.25) is 5.91 Å². The van der Waals surface area contributed by atoms with Crippen molar-refractivity contribution in [1.29, 1.82) is 0 Å². The molecule has 0 radical (unpaired) electrons. The minimum Gasteiger partial charge on any atom is -0.479 e. The molecule has 0 saturated heterocycles. The van der Waals surface area contributed by atoms with Crippen molar-refractivity contribution in [2.24, 2.45) is 0 Å². The van der Waals surface area contributed by atoms with Crippen molar-refractivity contribution in [3.63, 3.8) is 0 Å². The van der Waals surface area contributed by atoms with E-state index in [1.54, 1.807) is 24.3 Å². The van der Waals surface area contributed by atoms with Crippen molar-refractivity contribution in [2.75, 3.05) is 0 Å². The van der Waals surface area contributed by atoms with Crippen LogP contribution in [0.5, 0.6) is 0 Å². The number of unbranched alkanes of at least 4 members (excludes halogenated alkanes) is 4. The smallest absolute Gasteiger partial charge is 0.330 e. The molecular weight excluding hydrogens is 254 g/mol. The third kappa shape index (κ3) is 5.87. The molecule has 0 aromatic heterocycles. The van der Waals surface area contributed by atoms with Crippen LogP contribution in [0.2, 0.25) is 0 Å². The molecule has 0 aliphatic heterocycles. The zero-order valence-corrected chi connectivity index (χ0v) is 12.0. The summed E-state index contributed by atoms with van der Waals surface area (Å²) in [5, 5.41) is 11.8. The lowest BCUT2D eigenvalue weighted by Gasteiger charge is -2.14. The topological polar surface area (TPSA) is 66.4 Å². The van der Waals surface area contributed by atoms with E-state index in [1.165, 1.54) is 12.8 Å². The van der Waals surface area contributed by atoms with Crippen LogP contribution in [0.4, 0.5) is 0 Å². The predicted octanol–water partition coefficient (Wildman–Crippen LogP) is 3.29. The van der Waals surface area contributed by atoms with Crippen LogP contribution in [0.1, 0.15) is 57.1 Å². The van der Waals surface area contributed by atoms with Gasteiger partial charge in [0.15, 0.2) is 6.04 Å². The Morgan fingerprint density at radius 2 is 1.75 bits per heavy atom. The van der Waals surface area contributed by atoms with Crippen LogP contribution in [-0.2, 0) is 9.59 Å². The zero-order chi connectivity index (χ0) is 14.8. The number of benzene rings is 1. The minimum atomic E-state index is -1.03. The molecule has 0 fully saturated rings. The Labute approximate surface area is 120 Å². The molecule has 1 amide bonds. The molecule has 1 atom stereocenters. The fraction of sp³-hybridized carbons (Fsp3) is 0.500. The van der Waals surface area contributed by atoms with Gasteiger partial charge < -0.3 is 10.4 Å². The Morgan fingerprint density at radius 3 is 2.35 bits per heavy atom. The molecule has 0 heterocycles. The summed E-state index contributed by atoms with van der Waals surface area (Å²) in [7, 11) is 0. The maximum Gasteiger partial charge on any atom is 0.330 e. The summed E-state index contributed by atoms with van der Waals surface area (Å²) in [5.41, 5.74) is 0.597. The molecule has 0 unspecified atom stereocenters. The number of carboxylic acid groups (broad SMARTS) is 1. The van der Waals surface area contributed by atoms with Crippen LogP contribution >= 0.6 is 0 Å². The molecule has 0 spiro atoms. The molecule has 1 aromatic rings. The molecular formula is C16H23NO3. The van der Waals surface area contributed by atoms with E-state index >= 15 is 0 Å². The number of carbonyl (C=O) groups excluding carboxylic acids is 1. The maximum absolute atomic E-state index is 11.8. The van der Waals surface area contributed by atoms with Crippen molar-refractivity contribution in [2.45, 2.75) is 51.5 Å². The fourth-order valence-corrected chi connectivity index (χ4v) is 2.06. The van der Waals surface area contributed by atoms with Crippen molar-refractivity contribution in [3.8, 4) is 0 Å². The first-order chi connectivity index (χ1) is 9.65. The second-order valence-corrected chi connectivity index (χ2v) is 4.91. The Kier molecular flexibility index (Phi) is 7.40. The summed E-state index contributed by atoms with van der Waals surface area (Å²) < 4.78 is 0. The molecule has 0 bridgehead atoms. The standard InChI is InChI=1S/C16H23NO3/c1-2-3-4-5-9-12-14(18)17-15(16(19)20)13-10-7-6-8-11-13/h6-8,10-11,15H,2-5,9,12H2,1H3,(H,17,18)(H,19,20)/t15-/m0/s1. The molecule has 0 saturated carbocycles. The molecule has 20 heavy (non-hydrogen) atoms. The van der Waals surface area contributed by atoms with Crippen LogP contribution in [0.15, 0.2) is 30.3 Å². The Bertz CT molecular complexity index is 417. The van der Waals surface area contributed by atoms with E-state index in [0.717, 1.165) is 19.3 Å². The van der Waals surface area contributed by atoms with Gasteiger partial charge in [0.1, 0.15) is 0 Å². The highest BCUT2D eigenvalue weighted by Crippen LogP contribution is 2.13. The minimum absolute atomic E-state index is 0.197.